The number of nitrogens with two attached hydrogens (primary N) is 1. The summed E-state index contributed by atoms with van der Waals surface area (Å²) in [5.41, 5.74) is 7.81. The van der Waals surface area contributed by atoms with Crippen LogP contribution in [-0.4, -0.2) is 14.6 Å². The van der Waals surface area contributed by atoms with E-state index in [0.717, 1.165) is 11.2 Å². The first-order chi connectivity index (χ1) is 8.61. The zero-order valence-corrected chi connectivity index (χ0v) is 10.7. The molecule has 1 aromatic carbocycles. The van der Waals surface area contributed by atoms with Gasteiger partial charge in [0.2, 0.25) is 0 Å². The predicted molar refractivity (Wildman–Crippen MR) is 72.9 cm³/mol. The van der Waals surface area contributed by atoms with Crippen molar-refractivity contribution in [2.45, 2.75) is 0 Å². The molecule has 2 heterocycles. The van der Waals surface area contributed by atoms with Crippen LogP contribution >= 0.6 is 23.2 Å². The van der Waals surface area contributed by atoms with Crippen LogP contribution in [-0.2, 0) is 0 Å². The summed E-state index contributed by atoms with van der Waals surface area (Å²) in [5, 5.41) is 5.44. The van der Waals surface area contributed by atoms with E-state index in [1.54, 1.807) is 41.0 Å². The lowest BCUT2D eigenvalue weighted by Crippen LogP contribution is -1.91. The third-order valence-corrected chi connectivity index (χ3v) is 2.91. The van der Waals surface area contributed by atoms with Crippen molar-refractivity contribution in [2.24, 2.45) is 0 Å². The van der Waals surface area contributed by atoms with Crippen molar-refractivity contribution in [3.8, 4) is 11.4 Å². The molecule has 0 unspecified atom stereocenters. The Balaban J connectivity index is 2.19. The van der Waals surface area contributed by atoms with Crippen molar-refractivity contribution in [3.05, 3.63) is 46.6 Å². The average Bonchev–Trinajstić information content (AvgIpc) is 2.70. The average molecular weight is 279 g/mol. The fraction of sp³-hybridized carbons (Fsp3) is 0. The molecule has 0 aliphatic carbocycles. The number of anilines is 1. The number of halogens is 2. The molecule has 90 valence electrons. The molecule has 18 heavy (non-hydrogen) atoms. The number of hydrogen-bond donors (Lipinski definition) is 1. The fourth-order valence-corrected chi connectivity index (χ4v) is 2.23. The third-order valence-electron chi connectivity index (χ3n) is 2.47. The molecule has 0 aliphatic heterocycles. The molecule has 6 heteroatoms. The van der Waals surface area contributed by atoms with Crippen LogP contribution in [0.3, 0.4) is 0 Å². The number of hydrogen-bond acceptors (Lipinski definition) is 3. The van der Waals surface area contributed by atoms with Gasteiger partial charge in [0.25, 0.3) is 0 Å². The highest BCUT2D eigenvalue weighted by molar-refractivity contribution is 6.35. The van der Waals surface area contributed by atoms with Crippen molar-refractivity contribution in [3.63, 3.8) is 0 Å². The van der Waals surface area contributed by atoms with Crippen LogP contribution in [0.15, 0.2) is 36.5 Å². The highest BCUT2D eigenvalue weighted by atomic mass is 35.5. The quantitative estimate of drug-likeness (QED) is 0.743. The second kappa shape index (κ2) is 4.15. The number of pyridine rings is 1. The molecular formula is C12H8Cl2N4. The molecule has 0 spiro atoms. The van der Waals surface area contributed by atoms with Gasteiger partial charge in [0, 0.05) is 15.6 Å². The molecule has 0 radical (unpaired) electrons. The molecule has 0 saturated carbocycles. The summed E-state index contributed by atoms with van der Waals surface area (Å²) in [7, 11) is 0. The zero-order valence-electron chi connectivity index (χ0n) is 9.14. The maximum absolute atomic E-state index is 5.96. The standard InChI is InChI=1S/C12H8Cl2N4/c13-8-3-7(4-9(14)5-8)12-16-11-2-1-10(15)6-18(11)17-12/h1-6H,15H2. The highest BCUT2D eigenvalue weighted by Crippen LogP contribution is 2.25. The predicted octanol–water partition coefficient (Wildman–Crippen LogP) is 3.29. The van der Waals surface area contributed by atoms with Gasteiger partial charge in [-0.15, -0.1) is 5.10 Å². The Hall–Kier alpha value is -1.78. The molecule has 0 atom stereocenters. The van der Waals surface area contributed by atoms with E-state index in [2.05, 4.69) is 10.1 Å². The Bertz CT molecular complexity index is 716. The number of rotatable bonds is 1. The van der Waals surface area contributed by atoms with Crippen molar-refractivity contribution >= 4 is 34.5 Å². The molecule has 4 nitrogen and oxygen atoms in total. The maximum Gasteiger partial charge on any atom is 0.182 e. The summed E-state index contributed by atoms with van der Waals surface area (Å²) in [4.78, 5) is 4.39. The molecule has 3 rings (SSSR count). The van der Waals surface area contributed by atoms with Gasteiger partial charge in [-0.25, -0.2) is 9.50 Å². The van der Waals surface area contributed by atoms with Gasteiger partial charge in [0.05, 0.1) is 11.9 Å². The van der Waals surface area contributed by atoms with Gasteiger partial charge in [0.15, 0.2) is 11.5 Å². The number of nitrogens with zero attached hydrogens (tertiary/aromatic N) is 3. The fourth-order valence-electron chi connectivity index (χ4n) is 1.70. The van der Waals surface area contributed by atoms with Crippen molar-refractivity contribution < 1.29 is 0 Å². The topological polar surface area (TPSA) is 56.2 Å². The van der Waals surface area contributed by atoms with E-state index in [1.807, 2.05) is 0 Å². The monoisotopic (exact) mass is 278 g/mol. The smallest absolute Gasteiger partial charge is 0.182 e. The number of fused-ring (bicyclic) bond motifs is 1. The lowest BCUT2D eigenvalue weighted by molar-refractivity contribution is 0.968. The second-order valence-electron chi connectivity index (χ2n) is 3.86. The maximum atomic E-state index is 5.96. The van der Waals surface area contributed by atoms with Crippen LogP contribution in [0.2, 0.25) is 10.0 Å². The normalized spacial score (nSPS) is 11.0. The lowest BCUT2D eigenvalue weighted by atomic mass is 10.2. The Kier molecular flexibility index (Phi) is 2.61. The Labute approximate surface area is 113 Å². The molecule has 0 saturated heterocycles. The van der Waals surface area contributed by atoms with Gasteiger partial charge in [0.1, 0.15) is 0 Å². The minimum Gasteiger partial charge on any atom is -0.397 e. The van der Waals surface area contributed by atoms with E-state index >= 15 is 0 Å². The molecule has 0 aliphatic rings. The molecule has 0 fully saturated rings. The summed E-state index contributed by atoms with van der Waals surface area (Å²) < 4.78 is 1.62. The second-order valence-corrected chi connectivity index (χ2v) is 4.73. The van der Waals surface area contributed by atoms with Gasteiger partial charge >= 0.3 is 0 Å². The summed E-state index contributed by atoms with van der Waals surface area (Å²) in [5.74, 6) is 0.560. The van der Waals surface area contributed by atoms with Crippen LogP contribution in [0.4, 0.5) is 5.69 Å². The van der Waals surface area contributed by atoms with Crippen molar-refractivity contribution in [1.82, 2.24) is 14.6 Å². The summed E-state index contributed by atoms with van der Waals surface area (Å²) in [6.07, 6.45) is 1.71. The van der Waals surface area contributed by atoms with E-state index in [1.165, 1.54) is 0 Å². The van der Waals surface area contributed by atoms with E-state index in [4.69, 9.17) is 28.9 Å². The van der Waals surface area contributed by atoms with Crippen LogP contribution in [0, 0.1) is 0 Å². The van der Waals surface area contributed by atoms with Gasteiger partial charge in [-0.3, -0.25) is 0 Å². The Morgan fingerprint density at radius 1 is 1.06 bits per heavy atom. The van der Waals surface area contributed by atoms with Crippen molar-refractivity contribution in [2.75, 3.05) is 5.73 Å². The van der Waals surface area contributed by atoms with Crippen molar-refractivity contribution in [1.29, 1.82) is 0 Å². The van der Waals surface area contributed by atoms with Gasteiger partial charge < -0.3 is 5.73 Å². The largest absolute Gasteiger partial charge is 0.397 e. The van der Waals surface area contributed by atoms with Gasteiger partial charge in [-0.05, 0) is 30.3 Å². The number of aromatic nitrogens is 3. The van der Waals surface area contributed by atoms with Crippen LogP contribution in [0.5, 0.6) is 0 Å². The van der Waals surface area contributed by atoms with E-state index < -0.39 is 0 Å². The summed E-state index contributed by atoms with van der Waals surface area (Å²) >= 11 is 11.9. The molecule has 0 bridgehead atoms. The third kappa shape index (κ3) is 2.00. The number of nitrogen functional groups attached to an aromatic ring is 1. The summed E-state index contributed by atoms with van der Waals surface area (Å²) in [6, 6.07) is 8.79. The van der Waals surface area contributed by atoms with Gasteiger partial charge in [-0.2, -0.15) is 0 Å². The molecule has 2 aromatic heterocycles. The highest BCUT2D eigenvalue weighted by Gasteiger charge is 2.08. The Morgan fingerprint density at radius 3 is 2.50 bits per heavy atom. The molecule has 0 amide bonds. The van der Waals surface area contributed by atoms with E-state index in [9.17, 15) is 0 Å². The Morgan fingerprint density at radius 2 is 1.78 bits per heavy atom. The first kappa shape index (κ1) is 11.3. The van der Waals surface area contributed by atoms with E-state index in [0.29, 0.717) is 21.6 Å². The lowest BCUT2D eigenvalue weighted by Gasteiger charge is -1.97. The minimum atomic E-state index is 0.552. The minimum absolute atomic E-state index is 0.552. The molecular weight excluding hydrogens is 271 g/mol. The zero-order chi connectivity index (χ0) is 12.7. The van der Waals surface area contributed by atoms with E-state index in [-0.39, 0.29) is 0 Å². The molecule has 2 N–H and O–H groups in total. The molecule has 3 aromatic rings. The first-order valence-corrected chi connectivity index (χ1v) is 5.96. The first-order valence-electron chi connectivity index (χ1n) is 5.20. The van der Waals surface area contributed by atoms with Crippen LogP contribution in [0.1, 0.15) is 0 Å². The van der Waals surface area contributed by atoms with Gasteiger partial charge in [-0.1, -0.05) is 23.2 Å². The van der Waals surface area contributed by atoms with Crippen LogP contribution < -0.4 is 5.73 Å². The summed E-state index contributed by atoms with van der Waals surface area (Å²) in [6.45, 7) is 0. The number of benzene rings is 1. The SMILES string of the molecule is Nc1ccc2nc(-c3cc(Cl)cc(Cl)c3)nn2c1. The van der Waals surface area contributed by atoms with Crippen LogP contribution in [0.25, 0.3) is 17.0 Å².